The first-order chi connectivity index (χ1) is 13.6. The SMILES string of the molecule is Cc1ccc(-c2[nH]nc3c2C2(C(=O)Nc4ccccc42)C(C#N)=C(N)O3)cc1. The Hall–Kier alpha value is -4.05. The Balaban J connectivity index is 1.89. The van der Waals surface area contributed by atoms with Crippen LogP contribution >= 0.6 is 0 Å². The van der Waals surface area contributed by atoms with Crippen LogP contribution in [0.1, 0.15) is 16.7 Å². The van der Waals surface area contributed by atoms with E-state index < -0.39 is 5.41 Å². The van der Waals surface area contributed by atoms with E-state index in [1.807, 2.05) is 49.4 Å². The quantitative estimate of drug-likeness (QED) is 0.610. The molecule has 1 amide bonds. The number of aryl methyl sites for hydroxylation is 1. The highest BCUT2D eigenvalue weighted by molar-refractivity contribution is 6.13. The number of nitrogens with one attached hydrogen (secondary N) is 2. The van der Waals surface area contributed by atoms with Crippen LogP contribution in [-0.4, -0.2) is 16.1 Å². The number of fused-ring (bicyclic) bond motifs is 4. The second-order valence-corrected chi connectivity index (χ2v) is 6.85. The molecule has 136 valence electrons. The highest BCUT2D eigenvalue weighted by atomic mass is 16.5. The van der Waals surface area contributed by atoms with Crippen molar-refractivity contribution >= 4 is 11.6 Å². The number of nitrogens with zero attached hydrogens (tertiary/aromatic N) is 2. The van der Waals surface area contributed by atoms with Crippen LogP contribution in [-0.2, 0) is 10.2 Å². The number of hydrogen-bond acceptors (Lipinski definition) is 5. The number of carbonyl (C=O) groups excluding carboxylic acids is 1. The van der Waals surface area contributed by atoms with Crippen molar-refractivity contribution in [2.24, 2.45) is 5.73 Å². The Labute approximate surface area is 160 Å². The number of anilines is 1. The summed E-state index contributed by atoms with van der Waals surface area (Å²) < 4.78 is 5.62. The average molecular weight is 369 g/mol. The summed E-state index contributed by atoms with van der Waals surface area (Å²) in [6.07, 6.45) is 0. The van der Waals surface area contributed by atoms with Crippen LogP contribution in [0.25, 0.3) is 11.3 Å². The van der Waals surface area contributed by atoms with E-state index in [0.717, 1.165) is 11.1 Å². The van der Waals surface area contributed by atoms with Crippen molar-refractivity contribution in [3.63, 3.8) is 0 Å². The summed E-state index contributed by atoms with van der Waals surface area (Å²) in [4.78, 5) is 13.4. The molecule has 2 aliphatic heterocycles. The number of H-pyrrole nitrogens is 1. The summed E-state index contributed by atoms with van der Waals surface area (Å²) >= 11 is 0. The first-order valence-electron chi connectivity index (χ1n) is 8.72. The summed E-state index contributed by atoms with van der Waals surface area (Å²) in [5.41, 5.74) is 9.01. The Bertz CT molecular complexity index is 1220. The molecule has 0 saturated heterocycles. The second kappa shape index (κ2) is 5.47. The third-order valence-electron chi connectivity index (χ3n) is 5.31. The van der Waals surface area contributed by atoms with Gasteiger partial charge in [0.15, 0.2) is 0 Å². The summed E-state index contributed by atoms with van der Waals surface area (Å²) in [6.45, 7) is 1.99. The number of nitrogens with two attached hydrogens (primary N) is 1. The molecule has 0 radical (unpaired) electrons. The molecule has 1 spiro atoms. The summed E-state index contributed by atoms with van der Waals surface area (Å²) in [6, 6.07) is 17.2. The number of rotatable bonds is 1. The molecule has 1 atom stereocenters. The van der Waals surface area contributed by atoms with Crippen molar-refractivity contribution in [3.05, 3.63) is 76.7 Å². The number of para-hydroxylation sites is 1. The first kappa shape index (κ1) is 16.1. The minimum Gasteiger partial charge on any atom is -0.420 e. The normalized spacial score (nSPS) is 19.6. The van der Waals surface area contributed by atoms with Crippen molar-refractivity contribution in [1.29, 1.82) is 5.26 Å². The molecule has 4 N–H and O–H groups in total. The van der Waals surface area contributed by atoms with Crippen LogP contribution in [0.2, 0.25) is 0 Å². The van der Waals surface area contributed by atoms with E-state index in [-0.39, 0.29) is 23.2 Å². The smallest absolute Gasteiger partial charge is 0.245 e. The van der Waals surface area contributed by atoms with E-state index >= 15 is 0 Å². The lowest BCUT2D eigenvalue weighted by Gasteiger charge is -2.31. The third kappa shape index (κ3) is 1.86. The van der Waals surface area contributed by atoms with Gasteiger partial charge in [-0.25, -0.2) is 0 Å². The van der Waals surface area contributed by atoms with Crippen LogP contribution in [0, 0.1) is 18.3 Å². The molecule has 7 heteroatoms. The minimum absolute atomic E-state index is 0.0530. The Morgan fingerprint density at radius 2 is 1.93 bits per heavy atom. The van der Waals surface area contributed by atoms with Crippen molar-refractivity contribution in [2.45, 2.75) is 12.3 Å². The number of amides is 1. The van der Waals surface area contributed by atoms with Gasteiger partial charge in [0.25, 0.3) is 0 Å². The molecule has 2 aromatic carbocycles. The minimum atomic E-state index is -1.42. The lowest BCUT2D eigenvalue weighted by molar-refractivity contribution is -0.118. The zero-order valence-electron chi connectivity index (χ0n) is 14.9. The highest BCUT2D eigenvalue weighted by Crippen LogP contribution is 2.55. The van der Waals surface area contributed by atoms with Crippen LogP contribution in [0.3, 0.4) is 0 Å². The topological polar surface area (TPSA) is 117 Å². The van der Waals surface area contributed by atoms with E-state index in [9.17, 15) is 10.1 Å². The predicted molar refractivity (Wildman–Crippen MR) is 102 cm³/mol. The molecular weight excluding hydrogens is 354 g/mol. The van der Waals surface area contributed by atoms with Crippen LogP contribution in [0.15, 0.2) is 60.0 Å². The number of aromatic nitrogens is 2. The van der Waals surface area contributed by atoms with E-state index in [2.05, 4.69) is 21.6 Å². The molecule has 2 aliphatic rings. The molecule has 1 aromatic heterocycles. The van der Waals surface area contributed by atoms with Gasteiger partial charge in [0.05, 0.1) is 11.3 Å². The lowest BCUT2D eigenvalue weighted by atomic mass is 9.68. The fourth-order valence-corrected chi connectivity index (χ4v) is 4.03. The van der Waals surface area contributed by atoms with Gasteiger partial charge in [-0.3, -0.25) is 9.89 Å². The van der Waals surface area contributed by atoms with Crippen LogP contribution < -0.4 is 15.8 Å². The maximum atomic E-state index is 13.4. The first-order valence-corrected chi connectivity index (χ1v) is 8.72. The van der Waals surface area contributed by atoms with E-state index in [0.29, 0.717) is 22.5 Å². The van der Waals surface area contributed by atoms with E-state index in [1.165, 1.54) is 0 Å². The molecule has 0 fully saturated rings. The zero-order chi connectivity index (χ0) is 19.5. The van der Waals surface area contributed by atoms with Crippen molar-refractivity contribution in [2.75, 3.05) is 5.32 Å². The zero-order valence-corrected chi connectivity index (χ0v) is 14.9. The molecule has 0 aliphatic carbocycles. The fraction of sp³-hybridized carbons (Fsp3) is 0.0952. The van der Waals surface area contributed by atoms with Crippen molar-refractivity contribution in [3.8, 4) is 23.2 Å². The van der Waals surface area contributed by atoms with Crippen LogP contribution in [0.4, 0.5) is 5.69 Å². The van der Waals surface area contributed by atoms with Crippen molar-refractivity contribution in [1.82, 2.24) is 10.2 Å². The maximum Gasteiger partial charge on any atom is 0.245 e. The van der Waals surface area contributed by atoms with Gasteiger partial charge in [0.1, 0.15) is 17.1 Å². The maximum absolute atomic E-state index is 13.4. The van der Waals surface area contributed by atoms with Gasteiger partial charge in [-0.05, 0) is 13.0 Å². The standard InChI is InChI=1S/C21H15N5O2/c1-11-6-8-12(9-7-11)17-16-19(26-25-17)28-18(23)14(10-22)21(16)13-4-2-3-5-15(13)24-20(21)27/h2-9H,23H2,1H3,(H,24,27)(H,25,26). The van der Waals surface area contributed by atoms with Gasteiger partial charge in [0.2, 0.25) is 17.7 Å². The molecule has 0 saturated carbocycles. The molecule has 3 aromatic rings. The molecule has 3 heterocycles. The Morgan fingerprint density at radius 1 is 1.18 bits per heavy atom. The Kier molecular flexibility index (Phi) is 3.16. The number of ether oxygens (including phenoxy) is 1. The highest BCUT2D eigenvalue weighted by Gasteiger charge is 2.58. The molecule has 1 unspecified atom stereocenters. The van der Waals surface area contributed by atoms with Crippen LogP contribution in [0.5, 0.6) is 5.88 Å². The molecule has 28 heavy (non-hydrogen) atoms. The number of nitriles is 1. The number of hydrogen-bond donors (Lipinski definition) is 3. The van der Waals surface area contributed by atoms with Gasteiger partial charge >= 0.3 is 0 Å². The van der Waals surface area contributed by atoms with E-state index in [1.54, 1.807) is 6.07 Å². The van der Waals surface area contributed by atoms with Gasteiger partial charge in [-0.15, -0.1) is 5.10 Å². The Morgan fingerprint density at radius 3 is 2.68 bits per heavy atom. The molecular formula is C21H15N5O2. The van der Waals surface area contributed by atoms with E-state index in [4.69, 9.17) is 10.5 Å². The lowest BCUT2D eigenvalue weighted by Crippen LogP contribution is -2.42. The number of aromatic amines is 1. The van der Waals surface area contributed by atoms with Gasteiger partial charge in [0, 0.05) is 16.8 Å². The molecule has 0 bridgehead atoms. The number of carbonyl (C=O) groups is 1. The second-order valence-electron chi connectivity index (χ2n) is 6.85. The fourth-order valence-electron chi connectivity index (χ4n) is 4.03. The summed E-state index contributed by atoms with van der Waals surface area (Å²) in [5.74, 6) is -0.282. The third-order valence-corrected chi connectivity index (χ3v) is 5.31. The van der Waals surface area contributed by atoms with Gasteiger partial charge in [-0.2, -0.15) is 5.26 Å². The largest absolute Gasteiger partial charge is 0.420 e. The predicted octanol–water partition coefficient (Wildman–Crippen LogP) is 2.71. The molecule has 7 nitrogen and oxygen atoms in total. The summed E-state index contributed by atoms with van der Waals surface area (Å²) in [5, 5.41) is 20.0. The van der Waals surface area contributed by atoms with Crippen molar-refractivity contribution < 1.29 is 9.53 Å². The number of benzene rings is 2. The van der Waals surface area contributed by atoms with Gasteiger partial charge < -0.3 is 15.8 Å². The average Bonchev–Trinajstić information content (AvgIpc) is 3.23. The van der Waals surface area contributed by atoms with Gasteiger partial charge in [-0.1, -0.05) is 48.0 Å². The monoisotopic (exact) mass is 369 g/mol. The molecule has 5 rings (SSSR count). The summed E-state index contributed by atoms with van der Waals surface area (Å²) in [7, 11) is 0.